The van der Waals surface area contributed by atoms with E-state index in [4.69, 9.17) is 14.2 Å². The summed E-state index contributed by atoms with van der Waals surface area (Å²) in [5.41, 5.74) is 0.370. The van der Waals surface area contributed by atoms with E-state index in [2.05, 4.69) is 0 Å². The normalized spacial score (nSPS) is 26.7. The van der Waals surface area contributed by atoms with Crippen molar-refractivity contribution < 1.29 is 44.5 Å². The van der Waals surface area contributed by atoms with E-state index < -0.39 is 43.3 Å². The molecule has 2 aromatic rings. The van der Waals surface area contributed by atoms with Crippen LogP contribution >= 0.6 is 0 Å². The smallest absolute Gasteiger partial charge is 0.342 e. The molecule has 0 radical (unpaired) electrons. The highest BCUT2D eigenvalue weighted by Gasteiger charge is 2.45. The number of hydrogen-bond donors (Lipinski definition) is 5. The molecule has 29 heavy (non-hydrogen) atoms. The number of benzene rings is 2. The zero-order chi connectivity index (χ0) is 21.0. The van der Waals surface area contributed by atoms with Gasteiger partial charge in [-0.3, -0.25) is 0 Å². The first-order valence-electron chi connectivity index (χ1n) is 8.92. The maximum absolute atomic E-state index is 12.1. The van der Waals surface area contributed by atoms with Crippen LogP contribution in [-0.4, -0.2) is 68.8 Å². The predicted octanol–water partition coefficient (Wildman–Crippen LogP) is -0.0721. The van der Waals surface area contributed by atoms with Gasteiger partial charge in [0.2, 0.25) is 6.29 Å². The second-order valence-electron chi connectivity index (χ2n) is 6.51. The van der Waals surface area contributed by atoms with Crippen molar-refractivity contribution in [3.8, 4) is 11.5 Å². The summed E-state index contributed by atoms with van der Waals surface area (Å²) in [6.45, 7) is -0.772. The summed E-state index contributed by atoms with van der Waals surface area (Å²) in [7, 11) is 0. The summed E-state index contributed by atoms with van der Waals surface area (Å²) in [4.78, 5) is 12.1. The molecule has 1 aliphatic rings. The molecule has 5 atom stereocenters. The van der Waals surface area contributed by atoms with E-state index in [1.807, 2.05) is 0 Å². The van der Waals surface area contributed by atoms with Crippen molar-refractivity contribution in [1.29, 1.82) is 0 Å². The first kappa shape index (κ1) is 21.0. The van der Waals surface area contributed by atoms with Crippen LogP contribution in [0.3, 0.4) is 0 Å². The first-order valence-corrected chi connectivity index (χ1v) is 8.92. The molecule has 0 aromatic heterocycles. The van der Waals surface area contributed by atoms with Gasteiger partial charge in [0.1, 0.15) is 48.1 Å². The van der Waals surface area contributed by atoms with Gasteiger partial charge < -0.3 is 39.7 Å². The number of hydrogen-bond acceptors (Lipinski definition) is 9. The number of para-hydroxylation sites is 2. The molecule has 156 valence electrons. The summed E-state index contributed by atoms with van der Waals surface area (Å²) < 4.78 is 16.1. The molecule has 0 aliphatic carbocycles. The van der Waals surface area contributed by atoms with Crippen LogP contribution in [0.5, 0.6) is 11.5 Å². The zero-order valence-electron chi connectivity index (χ0n) is 15.3. The lowest BCUT2D eigenvalue weighted by Gasteiger charge is -2.40. The van der Waals surface area contributed by atoms with Crippen molar-refractivity contribution in [2.24, 2.45) is 0 Å². The molecule has 0 saturated carbocycles. The summed E-state index contributed by atoms with van der Waals surface area (Å²) in [5.74, 6) is -0.880. The highest BCUT2D eigenvalue weighted by atomic mass is 16.7. The second kappa shape index (κ2) is 9.21. The molecule has 1 fully saturated rings. The van der Waals surface area contributed by atoms with Crippen molar-refractivity contribution in [1.82, 2.24) is 0 Å². The zero-order valence-corrected chi connectivity index (χ0v) is 15.3. The van der Waals surface area contributed by atoms with Gasteiger partial charge in [0.15, 0.2) is 0 Å². The van der Waals surface area contributed by atoms with E-state index in [1.165, 1.54) is 12.1 Å². The first-order chi connectivity index (χ1) is 13.9. The van der Waals surface area contributed by atoms with Gasteiger partial charge in [-0.25, -0.2) is 4.79 Å². The number of aliphatic hydroxyl groups is 4. The fraction of sp³-hybridized carbons (Fsp3) is 0.350. The minimum atomic E-state index is -1.62. The van der Waals surface area contributed by atoms with Crippen LogP contribution in [0.1, 0.15) is 15.9 Å². The van der Waals surface area contributed by atoms with Gasteiger partial charge in [0.05, 0.1) is 6.61 Å². The molecule has 0 unspecified atom stereocenters. The van der Waals surface area contributed by atoms with Crippen LogP contribution in [0.25, 0.3) is 0 Å². The molecule has 9 nitrogen and oxygen atoms in total. The SMILES string of the molecule is O=C(OC[C@H]1O[C@@H](Oc2ccccc2CO)[C@H](O)[C@@H](O)[C@@H]1O)c1ccccc1O. The van der Waals surface area contributed by atoms with Crippen LogP contribution in [0.4, 0.5) is 0 Å². The van der Waals surface area contributed by atoms with Crippen molar-refractivity contribution >= 4 is 5.97 Å². The molecular weight excluding hydrogens is 384 g/mol. The average molecular weight is 406 g/mol. The molecule has 5 N–H and O–H groups in total. The number of esters is 1. The molecule has 1 aliphatic heterocycles. The monoisotopic (exact) mass is 406 g/mol. The third-order valence-corrected chi connectivity index (χ3v) is 4.56. The molecular formula is C20H22O9. The van der Waals surface area contributed by atoms with E-state index in [0.717, 1.165) is 0 Å². The van der Waals surface area contributed by atoms with E-state index in [0.29, 0.717) is 5.56 Å². The molecule has 1 heterocycles. The summed E-state index contributed by atoms with van der Waals surface area (Å²) in [6, 6.07) is 12.3. The minimum absolute atomic E-state index is 0.0666. The average Bonchev–Trinajstić information content (AvgIpc) is 2.73. The molecule has 1 saturated heterocycles. The molecule has 0 spiro atoms. The molecule has 9 heteroatoms. The van der Waals surface area contributed by atoms with Crippen LogP contribution in [0.2, 0.25) is 0 Å². The van der Waals surface area contributed by atoms with Gasteiger partial charge >= 0.3 is 5.97 Å². The van der Waals surface area contributed by atoms with E-state index in [9.17, 15) is 30.3 Å². The Kier molecular flexibility index (Phi) is 6.68. The summed E-state index contributed by atoms with van der Waals surface area (Å²) in [5, 5.41) is 49.6. The Balaban J connectivity index is 1.69. The van der Waals surface area contributed by atoms with Gasteiger partial charge in [0, 0.05) is 5.56 Å². The number of ether oxygens (including phenoxy) is 3. The van der Waals surface area contributed by atoms with E-state index in [1.54, 1.807) is 36.4 Å². The van der Waals surface area contributed by atoms with E-state index >= 15 is 0 Å². The van der Waals surface area contributed by atoms with Crippen molar-refractivity contribution in [2.45, 2.75) is 37.3 Å². The molecule has 0 bridgehead atoms. The number of carbonyl (C=O) groups is 1. The largest absolute Gasteiger partial charge is 0.507 e. The number of aliphatic hydroxyl groups excluding tert-OH is 4. The Bertz CT molecular complexity index is 840. The van der Waals surface area contributed by atoms with Gasteiger partial charge in [-0.1, -0.05) is 30.3 Å². The lowest BCUT2D eigenvalue weighted by molar-refractivity contribution is -0.277. The Morgan fingerprint density at radius 2 is 1.66 bits per heavy atom. The number of aromatic hydroxyl groups is 1. The predicted molar refractivity (Wildman–Crippen MR) is 98.1 cm³/mol. The third-order valence-electron chi connectivity index (χ3n) is 4.56. The summed E-state index contributed by atoms with van der Waals surface area (Å²) in [6.07, 6.45) is -7.33. The number of phenols is 1. The van der Waals surface area contributed by atoms with Gasteiger partial charge in [-0.2, -0.15) is 0 Å². The van der Waals surface area contributed by atoms with Crippen LogP contribution in [-0.2, 0) is 16.1 Å². The standard InChI is InChI=1S/C20H22O9/c21-9-11-5-1-4-8-14(11)28-20-18(25)17(24)16(23)15(29-20)10-27-19(26)12-6-2-3-7-13(12)22/h1-8,15-18,20-25H,9-10H2/t15-,16-,17+,18-,20-/m1/s1. The minimum Gasteiger partial charge on any atom is -0.507 e. The maximum atomic E-state index is 12.1. The fourth-order valence-corrected chi connectivity index (χ4v) is 2.91. The highest BCUT2D eigenvalue weighted by molar-refractivity contribution is 5.92. The fourth-order valence-electron chi connectivity index (χ4n) is 2.91. The maximum Gasteiger partial charge on any atom is 0.342 e. The van der Waals surface area contributed by atoms with Crippen LogP contribution < -0.4 is 4.74 Å². The van der Waals surface area contributed by atoms with Crippen molar-refractivity contribution in [3.05, 3.63) is 59.7 Å². The van der Waals surface area contributed by atoms with Crippen LogP contribution in [0.15, 0.2) is 48.5 Å². The third kappa shape index (κ3) is 4.66. The van der Waals surface area contributed by atoms with Gasteiger partial charge in [0.25, 0.3) is 0 Å². The lowest BCUT2D eigenvalue weighted by Crippen LogP contribution is -2.60. The number of rotatable bonds is 6. The topological polar surface area (TPSA) is 146 Å². The quantitative estimate of drug-likeness (QED) is 0.416. The Morgan fingerprint density at radius 1 is 0.966 bits per heavy atom. The Labute approximate surface area is 166 Å². The lowest BCUT2D eigenvalue weighted by atomic mass is 9.99. The Hall–Kier alpha value is -2.69. The number of carbonyl (C=O) groups excluding carboxylic acids is 1. The second-order valence-corrected chi connectivity index (χ2v) is 6.51. The van der Waals surface area contributed by atoms with Gasteiger partial charge in [-0.05, 0) is 18.2 Å². The molecule has 0 amide bonds. The Morgan fingerprint density at radius 3 is 2.38 bits per heavy atom. The van der Waals surface area contributed by atoms with Gasteiger partial charge in [-0.15, -0.1) is 0 Å². The molecule has 2 aromatic carbocycles. The van der Waals surface area contributed by atoms with E-state index in [-0.39, 0.29) is 23.7 Å². The molecule has 3 rings (SSSR count). The summed E-state index contributed by atoms with van der Waals surface area (Å²) >= 11 is 0. The van der Waals surface area contributed by atoms with Crippen molar-refractivity contribution in [3.63, 3.8) is 0 Å². The van der Waals surface area contributed by atoms with Crippen molar-refractivity contribution in [2.75, 3.05) is 6.61 Å². The highest BCUT2D eigenvalue weighted by Crippen LogP contribution is 2.27. The number of phenolic OH excluding ortho intramolecular Hbond substituents is 1. The van der Waals surface area contributed by atoms with Crippen LogP contribution in [0, 0.1) is 0 Å².